The molecular formula is C12H22N2O. The van der Waals surface area contributed by atoms with Crippen LogP contribution in [-0.4, -0.2) is 50.3 Å². The third-order valence-corrected chi connectivity index (χ3v) is 4.46. The molecule has 0 amide bonds. The molecule has 3 fully saturated rings. The second-order valence-electron chi connectivity index (χ2n) is 5.65. The van der Waals surface area contributed by atoms with Crippen molar-refractivity contribution >= 4 is 0 Å². The van der Waals surface area contributed by atoms with Gasteiger partial charge in [-0.25, -0.2) is 0 Å². The van der Waals surface area contributed by atoms with Crippen molar-refractivity contribution < 1.29 is 4.74 Å². The van der Waals surface area contributed by atoms with Gasteiger partial charge in [0.1, 0.15) is 0 Å². The predicted molar refractivity (Wildman–Crippen MR) is 59.9 cm³/mol. The van der Waals surface area contributed by atoms with E-state index in [4.69, 9.17) is 4.74 Å². The van der Waals surface area contributed by atoms with Crippen LogP contribution >= 0.6 is 0 Å². The summed E-state index contributed by atoms with van der Waals surface area (Å²) in [6, 6.07) is 1.64. The molecule has 2 atom stereocenters. The lowest BCUT2D eigenvalue weighted by Gasteiger charge is -2.37. The van der Waals surface area contributed by atoms with Crippen LogP contribution in [0.2, 0.25) is 0 Å². The second-order valence-corrected chi connectivity index (χ2v) is 5.65. The molecule has 3 aliphatic rings. The summed E-state index contributed by atoms with van der Waals surface area (Å²) < 4.78 is 5.36. The number of fused-ring (bicyclic) bond motifs is 2. The Bertz CT molecular complexity index is 224. The van der Waals surface area contributed by atoms with Gasteiger partial charge in [0.25, 0.3) is 0 Å². The SMILES string of the molecule is COCC1(CN2C3CCC2CNC3)CC1. The molecule has 3 rings (SSSR count). The van der Waals surface area contributed by atoms with Gasteiger partial charge in [-0.3, -0.25) is 4.90 Å². The Balaban J connectivity index is 1.63. The van der Waals surface area contributed by atoms with E-state index in [-0.39, 0.29) is 0 Å². The molecule has 1 N–H and O–H groups in total. The number of rotatable bonds is 4. The Kier molecular flexibility index (Phi) is 2.49. The van der Waals surface area contributed by atoms with E-state index in [1.54, 1.807) is 0 Å². The molecule has 0 spiro atoms. The second kappa shape index (κ2) is 3.72. The summed E-state index contributed by atoms with van der Waals surface area (Å²) in [7, 11) is 1.84. The molecular weight excluding hydrogens is 188 g/mol. The Morgan fingerprint density at radius 2 is 1.93 bits per heavy atom. The minimum Gasteiger partial charge on any atom is -0.384 e. The number of methoxy groups -OCH3 is 1. The zero-order valence-corrected chi connectivity index (χ0v) is 9.67. The molecule has 3 heteroatoms. The van der Waals surface area contributed by atoms with Crippen molar-refractivity contribution in [1.82, 2.24) is 10.2 Å². The lowest BCUT2D eigenvalue weighted by molar-refractivity contribution is 0.0739. The molecule has 1 aliphatic carbocycles. The summed E-state index contributed by atoms with van der Waals surface area (Å²) in [5.74, 6) is 0. The van der Waals surface area contributed by atoms with E-state index in [0.717, 1.165) is 18.7 Å². The number of hydrogen-bond acceptors (Lipinski definition) is 3. The molecule has 0 radical (unpaired) electrons. The van der Waals surface area contributed by atoms with E-state index >= 15 is 0 Å². The molecule has 2 bridgehead atoms. The number of piperazine rings is 1. The fourth-order valence-corrected chi connectivity index (χ4v) is 3.35. The normalized spacial score (nSPS) is 38.2. The topological polar surface area (TPSA) is 24.5 Å². The van der Waals surface area contributed by atoms with Crippen LogP contribution < -0.4 is 5.32 Å². The minimum absolute atomic E-state index is 0.535. The quantitative estimate of drug-likeness (QED) is 0.744. The van der Waals surface area contributed by atoms with E-state index in [0.29, 0.717) is 5.41 Å². The lowest BCUT2D eigenvalue weighted by Crippen LogP contribution is -2.53. The first-order valence-corrected chi connectivity index (χ1v) is 6.28. The highest BCUT2D eigenvalue weighted by atomic mass is 16.5. The highest BCUT2D eigenvalue weighted by molar-refractivity contribution is 5.02. The largest absolute Gasteiger partial charge is 0.384 e. The first-order chi connectivity index (χ1) is 7.33. The van der Waals surface area contributed by atoms with Gasteiger partial charge in [-0.2, -0.15) is 0 Å². The van der Waals surface area contributed by atoms with Gasteiger partial charge >= 0.3 is 0 Å². The van der Waals surface area contributed by atoms with Gasteiger partial charge in [-0.15, -0.1) is 0 Å². The molecule has 2 saturated heterocycles. The van der Waals surface area contributed by atoms with Crippen LogP contribution in [0.1, 0.15) is 25.7 Å². The van der Waals surface area contributed by atoms with Gasteiger partial charge < -0.3 is 10.1 Å². The molecule has 2 unspecified atom stereocenters. The van der Waals surface area contributed by atoms with Crippen molar-refractivity contribution in [3.05, 3.63) is 0 Å². The molecule has 0 aromatic rings. The van der Waals surface area contributed by atoms with Gasteiger partial charge in [0.05, 0.1) is 6.61 Å². The van der Waals surface area contributed by atoms with Crippen molar-refractivity contribution in [2.75, 3.05) is 33.4 Å². The zero-order valence-electron chi connectivity index (χ0n) is 9.67. The van der Waals surface area contributed by atoms with E-state index < -0.39 is 0 Å². The summed E-state index contributed by atoms with van der Waals surface area (Å²) in [6.07, 6.45) is 5.57. The van der Waals surface area contributed by atoms with Crippen molar-refractivity contribution in [2.45, 2.75) is 37.8 Å². The van der Waals surface area contributed by atoms with Crippen LogP contribution in [0.15, 0.2) is 0 Å². The van der Waals surface area contributed by atoms with E-state index in [1.165, 1.54) is 45.3 Å². The fraction of sp³-hybridized carbons (Fsp3) is 1.00. The maximum absolute atomic E-state index is 5.36. The Morgan fingerprint density at radius 3 is 2.47 bits per heavy atom. The van der Waals surface area contributed by atoms with Gasteiger partial charge in [-0.1, -0.05) is 0 Å². The van der Waals surface area contributed by atoms with Crippen LogP contribution in [0, 0.1) is 5.41 Å². The van der Waals surface area contributed by atoms with Crippen molar-refractivity contribution in [3.63, 3.8) is 0 Å². The van der Waals surface area contributed by atoms with Crippen LogP contribution in [-0.2, 0) is 4.74 Å². The summed E-state index contributed by atoms with van der Waals surface area (Å²) in [5, 5.41) is 3.54. The molecule has 2 aliphatic heterocycles. The van der Waals surface area contributed by atoms with Gasteiger partial charge in [-0.05, 0) is 25.7 Å². The van der Waals surface area contributed by atoms with Crippen molar-refractivity contribution in [3.8, 4) is 0 Å². The standard InChI is InChI=1S/C12H22N2O/c1-15-9-12(4-5-12)8-14-10-2-3-11(14)7-13-6-10/h10-11,13H,2-9H2,1H3. The molecule has 1 saturated carbocycles. The van der Waals surface area contributed by atoms with Gasteiger partial charge in [0, 0.05) is 44.2 Å². The van der Waals surface area contributed by atoms with Crippen molar-refractivity contribution in [1.29, 1.82) is 0 Å². The molecule has 2 heterocycles. The maximum Gasteiger partial charge on any atom is 0.0530 e. The maximum atomic E-state index is 5.36. The molecule has 3 nitrogen and oxygen atoms in total. The minimum atomic E-state index is 0.535. The summed E-state index contributed by atoms with van der Waals surface area (Å²) in [6.45, 7) is 4.67. The number of nitrogens with zero attached hydrogens (tertiary/aromatic N) is 1. The van der Waals surface area contributed by atoms with Gasteiger partial charge in [0.2, 0.25) is 0 Å². The predicted octanol–water partition coefficient (Wildman–Crippen LogP) is 0.849. The number of ether oxygens (including phenoxy) is 1. The van der Waals surface area contributed by atoms with E-state index in [1.807, 2.05) is 7.11 Å². The highest BCUT2D eigenvalue weighted by Gasteiger charge is 2.48. The Hall–Kier alpha value is -0.120. The third-order valence-electron chi connectivity index (χ3n) is 4.46. The number of hydrogen-bond donors (Lipinski definition) is 1. The molecule has 0 aromatic heterocycles. The average Bonchev–Trinajstić information content (AvgIpc) is 2.94. The van der Waals surface area contributed by atoms with Crippen LogP contribution in [0.5, 0.6) is 0 Å². The fourth-order valence-electron chi connectivity index (χ4n) is 3.35. The van der Waals surface area contributed by atoms with E-state index in [2.05, 4.69) is 10.2 Å². The molecule has 15 heavy (non-hydrogen) atoms. The zero-order chi connectivity index (χ0) is 10.3. The average molecular weight is 210 g/mol. The summed E-state index contributed by atoms with van der Waals surface area (Å²) in [5.41, 5.74) is 0.535. The van der Waals surface area contributed by atoms with Crippen LogP contribution in [0.25, 0.3) is 0 Å². The summed E-state index contributed by atoms with van der Waals surface area (Å²) >= 11 is 0. The summed E-state index contributed by atoms with van der Waals surface area (Å²) in [4.78, 5) is 2.77. The lowest BCUT2D eigenvalue weighted by atomic mass is 10.1. The monoisotopic (exact) mass is 210 g/mol. The third kappa shape index (κ3) is 1.81. The van der Waals surface area contributed by atoms with E-state index in [9.17, 15) is 0 Å². The Labute approximate surface area is 92.2 Å². The smallest absolute Gasteiger partial charge is 0.0530 e. The molecule has 0 aromatic carbocycles. The van der Waals surface area contributed by atoms with Crippen LogP contribution in [0.3, 0.4) is 0 Å². The molecule has 86 valence electrons. The van der Waals surface area contributed by atoms with Crippen LogP contribution in [0.4, 0.5) is 0 Å². The first kappa shape index (κ1) is 10.1. The number of nitrogens with one attached hydrogen (secondary N) is 1. The van der Waals surface area contributed by atoms with Crippen molar-refractivity contribution in [2.24, 2.45) is 5.41 Å². The first-order valence-electron chi connectivity index (χ1n) is 6.28. The Morgan fingerprint density at radius 1 is 1.27 bits per heavy atom. The van der Waals surface area contributed by atoms with Gasteiger partial charge in [0.15, 0.2) is 0 Å². The highest BCUT2D eigenvalue weighted by Crippen LogP contribution is 2.48.